The van der Waals surface area contributed by atoms with E-state index in [1.807, 2.05) is 13.1 Å². The molecule has 106 valence electrons. The van der Waals surface area contributed by atoms with Gasteiger partial charge in [0.2, 0.25) is 0 Å². The van der Waals surface area contributed by atoms with Crippen LogP contribution in [0.2, 0.25) is 0 Å². The normalized spacial score (nSPS) is 12.4. The van der Waals surface area contributed by atoms with Gasteiger partial charge in [0, 0.05) is 11.9 Å². The Balaban J connectivity index is 2.41. The van der Waals surface area contributed by atoms with Gasteiger partial charge in [-0.25, -0.2) is 0 Å². The Morgan fingerprint density at radius 3 is 2.55 bits per heavy atom. The van der Waals surface area contributed by atoms with Crippen molar-refractivity contribution in [1.29, 1.82) is 0 Å². The molecule has 0 fully saturated rings. The molecule has 2 rings (SSSR count). The van der Waals surface area contributed by atoms with Gasteiger partial charge in [-0.3, -0.25) is 4.98 Å². The van der Waals surface area contributed by atoms with E-state index in [0.717, 1.165) is 18.7 Å². The first-order valence-electron chi connectivity index (χ1n) is 7.35. The van der Waals surface area contributed by atoms with E-state index in [4.69, 9.17) is 0 Å². The van der Waals surface area contributed by atoms with E-state index >= 15 is 0 Å². The van der Waals surface area contributed by atoms with Gasteiger partial charge in [0.05, 0.1) is 6.04 Å². The molecule has 0 aliphatic rings. The van der Waals surface area contributed by atoms with Gasteiger partial charge in [0.25, 0.3) is 0 Å². The van der Waals surface area contributed by atoms with Crippen LogP contribution in [0.5, 0.6) is 0 Å². The van der Waals surface area contributed by atoms with Gasteiger partial charge < -0.3 is 5.32 Å². The highest BCUT2D eigenvalue weighted by molar-refractivity contribution is 5.38. The lowest BCUT2D eigenvalue weighted by Gasteiger charge is -2.22. The molecule has 1 atom stereocenters. The quantitative estimate of drug-likeness (QED) is 0.883. The number of aryl methyl sites for hydroxylation is 3. The second kappa shape index (κ2) is 6.67. The van der Waals surface area contributed by atoms with E-state index in [0.29, 0.717) is 0 Å². The van der Waals surface area contributed by atoms with Crippen molar-refractivity contribution < 1.29 is 0 Å². The van der Waals surface area contributed by atoms with Crippen molar-refractivity contribution in [1.82, 2.24) is 10.3 Å². The van der Waals surface area contributed by atoms with Crippen molar-refractivity contribution in [3.8, 4) is 0 Å². The van der Waals surface area contributed by atoms with E-state index in [2.05, 4.69) is 61.4 Å². The van der Waals surface area contributed by atoms with Crippen LogP contribution in [0.25, 0.3) is 0 Å². The van der Waals surface area contributed by atoms with Crippen LogP contribution >= 0.6 is 0 Å². The fourth-order valence-corrected chi connectivity index (χ4v) is 2.42. The maximum atomic E-state index is 4.45. The Bertz CT molecular complexity index is 558. The van der Waals surface area contributed by atoms with Crippen LogP contribution in [-0.4, -0.2) is 11.5 Å². The Morgan fingerprint density at radius 1 is 1.10 bits per heavy atom. The van der Waals surface area contributed by atoms with E-state index in [-0.39, 0.29) is 6.04 Å². The van der Waals surface area contributed by atoms with Crippen LogP contribution in [0.3, 0.4) is 0 Å². The lowest BCUT2D eigenvalue weighted by molar-refractivity contribution is 0.594. The second-order valence-electron chi connectivity index (χ2n) is 5.48. The summed E-state index contributed by atoms with van der Waals surface area (Å²) in [5.74, 6) is 0. The minimum Gasteiger partial charge on any atom is -0.306 e. The van der Waals surface area contributed by atoms with Crippen LogP contribution in [0.4, 0.5) is 0 Å². The van der Waals surface area contributed by atoms with E-state index < -0.39 is 0 Å². The zero-order valence-electron chi connectivity index (χ0n) is 12.9. The maximum absolute atomic E-state index is 4.45. The van der Waals surface area contributed by atoms with Gasteiger partial charge in [-0.2, -0.15) is 0 Å². The molecule has 0 spiro atoms. The average molecular weight is 268 g/mol. The molecule has 20 heavy (non-hydrogen) atoms. The highest BCUT2D eigenvalue weighted by Gasteiger charge is 2.15. The zero-order chi connectivity index (χ0) is 14.5. The monoisotopic (exact) mass is 268 g/mol. The van der Waals surface area contributed by atoms with Crippen LogP contribution in [0.1, 0.15) is 47.3 Å². The van der Waals surface area contributed by atoms with Gasteiger partial charge in [-0.05, 0) is 56.5 Å². The standard InChI is InChI=1S/C18H24N2/c1-5-10-19-18(16-9-8-15(4)20-12-16)17-11-13(2)6-7-14(17)3/h6-9,11-12,18-19H,5,10H2,1-4H3. The van der Waals surface area contributed by atoms with Gasteiger partial charge in [0.15, 0.2) is 0 Å². The molecule has 0 amide bonds. The molecule has 2 nitrogen and oxygen atoms in total. The number of nitrogens with zero attached hydrogens (tertiary/aromatic N) is 1. The Kier molecular flexibility index (Phi) is 4.91. The first-order valence-corrected chi connectivity index (χ1v) is 7.35. The summed E-state index contributed by atoms with van der Waals surface area (Å²) in [6, 6.07) is 11.1. The second-order valence-corrected chi connectivity index (χ2v) is 5.48. The maximum Gasteiger partial charge on any atom is 0.0594 e. The molecule has 1 unspecified atom stereocenters. The predicted octanol–water partition coefficient (Wildman–Crippen LogP) is 4.10. The lowest BCUT2D eigenvalue weighted by atomic mass is 9.94. The molecular formula is C18H24N2. The smallest absolute Gasteiger partial charge is 0.0594 e. The third-order valence-corrected chi connectivity index (χ3v) is 3.61. The number of nitrogens with one attached hydrogen (secondary N) is 1. The lowest BCUT2D eigenvalue weighted by Crippen LogP contribution is -2.24. The topological polar surface area (TPSA) is 24.9 Å². The summed E-state index contributed by atoms with van der Waals surface area (Å²) in [5, 5.41) is 3.65. The Labute approximate surface area is 122 Å². The first kappa shape index (κ1) is 14.7. The minimum atomic E-state index is 0.225. The van der Waals surface area contributed by atoms with E-state index in [9.17, 15) is 0 Å². The number of hydrogen-bond acceptors (Lipinski definition) is 2. The molecule has 0 saturated heterocycles. The molecule has 2 aromatic rings. The molecule has 1 aromatic heterocycles. The molecule has 0 aliphatic heterocycles. The molecule has 1 heterocycles. The molecule has 0 aliphatic carbocycles. The average Bonchev–Trinajstić information content (AvgIpc) is 2.44. The Morgan fingerprint density at radius 2 is 1.90 bits per heavy atom. The minimum absolute atomic E-state index is 0.225. The van der Waals surface area contributed by atoms with Gasteiger partial charge in [0.1, 0.15) is 0 Å². The number of benzene rings is 1. The van der Waals surface area contributed by atoms with Crippen molar-refractivity contribution >= 4 is 0 Å². The summed E-state index contributed by atoms with van der Waals surface area (Å²) in [4.78, 5) is 4.45. The van der Waals surface area contributed by atoms with Crippen LogP contribution in [0.15, 0.2) is 36.5 Å². The highest BCUT2D eigenvalue weighted by atomic mass is 14.9. The first-order chi connectivity index (χ1) is 9.61. The molecule has 1 aromatic carbocycles. The number of aromatic nitrogens is 1. The molecular weight excluding hydrogens is 244 g/mol. The van der Waals surface area contributed by atoms with Crippen molar-refractivity contribution in [3.05, 3.63) is 64.5 Å². The molecule has 0 bridgehead atoms. The predicted molar refractivity (Wildman–Crippen MR) is 85.0 cm³/mol. The van der Waals surface area contributed by atoms with Crippen LogP contribution in [-0.2, 0) is 0 Å². The SMILES string of the molecule is CCCNC(c1ccc(C)nc1)c1cc(C)ccc1C. The fourth-order valence-electron chi connectivity index (χ4n) is 2.42. The van der Waals surface area contributed by atoms with E-state index in [1.54, 1.807) is 0 Å². The largest absolute Gasteiger partial charge is 0.306 e. The zero-order valence-corrected chi connectivity index (χ0v) is 12.9. The number of hydrogen-bond donors (Lipinski definition) is 1. The molecule has 0 radical (unpaired) electrons. The van der Waals surface area contributed by atoms with Gasteiger partial charge in [-0.15, -0.1) is 0 Å². The fraction of sp³-hybridized carbons (Fsp3) is 0.389. The van der Waals surface area contributed by atoms with Crippen molar-refractivity contribution in [2.75, 3.05) is 6.54 Å². The number of pyridine rings is 1. The summed E-state index contributed by atoms with van der Waals surface area (Å²) in [7, 11) is 0. The highest BCUT2D eigenvalue weighted by Crippen LogP contribution is 2.25. The summed E-state index contributed by atoms with van der Waals surface area (Å²) in [6.45, 7) is 9.55. The summed E-state index contributed by atoms with van der Waals surface area (Å²) in [5.41, 5.74) is 6.27. The molecule has 1 N–H and O–H groups in total. The van der Waals surface area contributed by atoms with Crippen molar-refractivity contribution in [3.63, 3.8) is 0 Å². The summed E-state index contributed by atoms with van der Waals surface area (Å²) >= 11 is 0. The van der Waals surface area contributed by atoms with Crippen molar-refractivity contribution in [2.24, 2.45) is 0 Å². The third kappa shape index (κ3) is 3.45. The third-order valence-electron chi connectivity index (χ3n) is 3.61. The van der Waals surface area contributed by atoms with Crippen molar-refractivity contribution in [2.45, 2.75) is 40.2 Å². The van der Waals surface area contributed by atoms with Crippen LogP contribution in [0, 0.1) is 20.8 Å². The summed E-state index contributed by atoms with van der Waals surface area (Å²) in [6.07, 6.45) is 3.12. The van der Waals surface area contributed by atoms with E-state index in [1.165, 1.54) is 22.3 Å². The summed E-state index contributed by atoms with van der Waals surface area (Å²) < 4.78 is 0. The van der Waals surface area contributed by atoms with Gasteiger partial charge >= 0.3 is 0 Å². The molecule has 0 saturated carbocycles. The molecule has 2 heteroatoms. The van der Waals surface area contributed by atoms with Crippen LogP contribution < -0.4 is 5.32 Å². The van der Waals surface area contributed by atoms with Gasteiger partial charge in [-0.1, -0.05) is 36.8 Å². The number of rotatable bonds is 5. The Hall–Kier alpha value is -1.67.